The standard InChI is InChI=1S/C32H39FN8O/c1-6-9-12-40(18-21(4)8-3)32-23(10-7-2)15-27-30(39-32)31(36-19-34-27)38-26-14-22(5)28(17-25(26)33)42-24-11-13-41-29(16-24)35-20-37-41/h11,13-17,19-21H,6-10,12,18H2,1-5H3,(H,34,36,38). The van der Waals surface area contributed by atoms with Gasteiger partial charge in [0.1, 0.15) is 41.3 Å². The molecular formula is C32H39FN8O. The van der Waals surface area contributed by atoms with Gasteiger partial charge < -0.3 is 15.0 Å². The zero-order valence-corrected chi connectivity index (χ0v) is 25.1. The summed E-state index contributed by atoms with van der Waals surface area (Å²) in [6.45, 7) is 12.6. The Bertz CT molecular complexity index is 1670. The van der Waals surface area contributed by atoms with Crippen LogP contribution in [0.3, 0.4) is 0 Å². The quantitative estimate of drug-likeness (QED) is 0.154. The van der Waals surface area contributed by atoms with E-state index in [-0.39, 0.29) is 5.69 Å². The fourth-order valence-corrected chi connectivity index (χ4v) is 4.96. The minimum Gasteiger partial charge on any atom is -0.457 e. The number of nitrogens with zero attached hydrogens (tertiary/aromatic N) is 7. The van der Waals surface area contributed by atoms with Crippen molar-refractivity contribution in [1.82, 2.24) is 29.5 Å². The summed E-state index contributed by atoms with van der Waals surface area (Å²) in [5, 5.41) is 7.29. The smallest absolute Gasteiger partial charge is 0.160 e. The Balaban J connectivity index is 1.48. The summed E-state index contributed by atoms with van der Waals surface area (Å²) in [5.41, 5.74) is 4.23. The topological polar surface area (TPSA) is 93.4 Å². The Morgan fingerprint density at radius 2 is 1.90 bits per heavy atom. The molecule has 5 aromatic rings. The van der Waals surface area contributed by atoms with E-state index in [0.29, 0.717) is 34.4 Å². The van der Waals surface area contributed by atoms with Crippen molar-refractivity contribution >= 4 is 34.0 Å². The SMILES string of the molecule is CCCCN(CC(C)CC)c1nc2c(Nc3cc(C)c(Oc4ccn5ncnc5c4)cc3F)ncnc2cc1CCC. The Morgan fingerprint density at radius 3 is 2.69 bits per heavy atom. The molecule has 1 aromatic carbocycles. The summed E-state index contributed by atoms with van der Waals surface area (Å²) in [5.74, 6) is 2.47. The lowest BCUT2D eigenvalue weighted by Crippen LogP contribution is -2.31. The summed E-state index contributed by atoms with van der Waals surface area (Å²) >= 11 is 0. The number of benzene rings is 1. The van der Waals surface area contributed by atoms with Gasteiger partial charge in [0.25, 0.3) is 0 Å². The highest BCUT2D eigenvalue weighted by molar-refractivity contribution is 5.89. The molecule has 10 heteroatoms. The third-order valence-electron chi connectivity index (χ3n) is 7.49. The molecule has 0 amide bonds. The molecule has 0 bridgehead atoms. The predicted octanol–water partition coefficient (Wildman–Crippen LogP) is 7.66. The molecule has 42 heavy (non-hydrogen) atoms. The maximum absolute atomic E-state index is 15.5. The second kappa shape index (κ2) is 13.1. The van der Waals surface area contributed by atoms with Crippen molar-refractivity contribution in [1.29, 1.82) is 0 Å². The van der Waals surface area contributed by atoms with Crippen molar-refractivity contribution in [2.45, 2.75) is 66.7 Å². The molecule has 9 nitrogen and oxygen atoms in total. The number of rotatable bonds is 13. The van der Waals surface area contributed by atoms with Gasteiger partial charge in [0.05, 0.1) is 11.2 Å². The predicted molar refractivity (Wildman–Crippen MR) is 165 cm³/mol. The molecule has 5 rings (SSSR count). The summed E-state index contributed by atoms with van der Waals surface area (Å²) in [7, 11) is 0. The maximum Gasteiger partial charge on any atom is 0.160 e. The summed E-state index contributed by atoms with van der Waals surface area (Å²) in [6, 6.07) is 8.74. The highest BCUT2D eigenvalue weighted by Gasteiger charge is 2.19. The molecular weight excluding hydrogens is 531 g/mol. The first-order valence-corrected chi connectivity index (χ1v) is 14.8. The van der Waals surface area contributed by atoms with Crippen molar-refractivity contribution in [3.63, 3.8) is 0 Å². The average molecular weight is 571 g/mol. The number of ether oxygens (including phenoxy) is 1. The molecule has 0 radical (unpaired) electrons. The molecule has 1 atom stereocenters. The number of hydrogen-bond donors (Lipinski definition) is 1. The minimum absolute atomic E-state index is 0.288. The molecule has 4 aromatic heterocycles. The number of halogens is 1. The van der Waals surface area contributed by atoms with Gasteiger partial charge in [-0.15, -0.1) is 0 Å². The Morgan fingerprint density at radius 1 is 1.05 bits per heavy atom. The van der Waals surface area contributed by atoms with Crippen LogP contribution in [-0.4, -0.2) is 42.6 Å². The highest BCUT2D eigenvalue weighted by atomic mass is 19.1. The number of aryl methyl sites for hydroxylation is 2. The van der Waals surface area contributed by atoms with Crippen molar-refractivity contribution in [3.8, 4) is 11.5 Å². The van der Waals surface area contributed by atoms with Crippen molar-refractivity contribution in [2.24, 2.45) is 5.92 Å². The maximum atomic E-state index is 15.5. The number of unbranched alkanes of at least 4 members (excludes halogenated alkanes) is 1. The number of fused-ring (bicyclic) bond motifs is 2. The molecule has 4 heterocycles. The van der Waals surface area contributed by atoms with Gasteiger partial charge in [-0.05, 0) is 55.0 Å². The molecule has 1 unspecified atom stereocenters. The number of nitrogens with one attached hydrogen (secondary N) is 1. The van der Waals surface area contributed by atoms with E-state index < -0.39 is 5.82 Å². The molecule has 0 aliphatic heterocycles. The number of hydrogen-bond acceptors (Lipinski definition) is 8. The Kier molecular flexibility index (Phi) is 9.09. The van der Waals surface area contributed by atoms with Gasteiger partial charge in [-0.3, -0.25) is 0 Å². The van der Waals surface area contributed by atoms with Gasteiger partial charge in [0.15, 0.2) is 11.5 Å². The van der Waals surface area contributed by atoms with Crippen LogP contribution in [0, 0.1) is 18.7 Å². The van der Waals surface area contributed by atoms with Crippen LogP contribution in [0.25, 0.3) is 16.7 Å². The first-order valence-electron chi connectivity index (χ1n) is 14.8. The van der Waals surface area contributed by atoms with E-state index in [1.54, 1.807) is 28.9 Å². The molecule has 0 spiro atoms. The first kappa shape index (κ1) is 29.2. The first-order chi connectivity index (χ1) is 20.4. The highest BCUT2D eigenvalue weighted by Crippen LogP contribution is 2.33. The Labute approximate surface area is 246 Å². The van der Waals surface area contributed by atoms with E-state index >= 15 is 4.39 Å². The van der Waals surface area contributed by atoms with Gasteiger partial charge in [-0.25, -0.2) is 28.8 Å². The Hall–Kier alpha value is -4.34. The minimum atomic E-state index is -0.463. The van der Waals surface area contributed by atoms with E-state index in [1.165, 1.54) is 24.3 Å². The molecule has 1 N–H and O–H groups in total. The second-order valence-corrected chi connectivity index (χ2v) is 10.9. The van der Waals surface area contributed by atoms with Crippen LogP contribution in [0.1, 0.15) is 64.5 Å². The van der Waals surface area contributed by atoms with Crippen LogP contribution < -0.4 is 15.0 Å². The lowest BCUT2D eigenvalue weighted by molar-refractivity contribution is 0.473. The number of anilines is 3. The van der Waals surface area contributed by atoms with E-state index in [0.717, 1.165) is 62.1 Å². The molecule has 0 aliphatic rings. The van der Waals surface area contributed by atoms with Crippen LogP contribution in [-0.2, 0) is 6.42 Å². The van der Waals surface area contributed by atoms with Crippen LogP contribution in [0.2, 0.25) is 0 Å². The van der Waals surface area contributed by atoms with Crippen LogP contribution in [0.5, 0.6) is 11.5 Å². The van der Waals surface area contributed by atoms with Crippen molar-refractivity contribution in [2.75, 3.05) is 23.3 Å². The zero-order chi connectivity index (χ0) is 29.6. The number of aromatic nitrogens is 6. The van der Waals surface area contributed by atoms with Gasteiger partial charge in [-0.2, -0.15) is 5.10 Å². The van der Waals surface area contributed by atoms with Gasteiger partial charge in [0.2, 0.25) is 0 Å². The van der Waals surface area contributed by atoms with Gasteiger partial charge >= 0.3 is 0 Å². The molecule has 220 valence electrons. The summed E-state index contributed by atoms with van der Waals surface area (Å²) in [6.07, 6.45) is 9.93. The lowest BCUT2D eigenvalue weighted by Gasteiger charge is -2.29. The van der Waals surface area contributed by atoms with E-state index in [1.807, 2.05) is 6.92 Å². The van der Waals surface area contributed by atoms with Crippen LogP contribution in [0.4, 0.5) is 21.7 Å². The molecule has 0 fully saturated rings. The monoisotopic (exact) mass is 570 g/mol. The molecule has 0 aliphatic carbocycles. The molecule has 0 saturated carbocycles. The average Bonchev–Trinajstić information content (AvgIpc) is 3.46. The van der Waals surface area contributed by atoms with Crippen molar-refractivity contribution in [3.05, 3.63) is 66.1 Å². The summed E-state index contributed by atoms with van der Waals surface area (Å²) < 4.78 is 23.1. The van der Waals surface area contributed by atoms with E-state index in [9.17, 15) is 0 Å². The lowest BCUT2D eigenvalue weighted by atomic mass is 10.1. The third kappa shape index (κ3) is 6.42. The van der Waals surface area contributed by atoms with Gasteiger partial charge in [0, 0.05) is 31.4 Å². The van der Waals surface area contributed by atoms with Crippen LogP contribution >= 0.6 is 0 Å². The largest absolute Gasteiger partial charge is 0.457 e. The fraction of sp³-hybridized carbons (Fsp3) is 0.406. The fourth-order valence-electron chi connectivity index (χ4n) is 4.96. The van der Waals surface area contributed by atoms with Crippen LogP contribution in [0.15, 0.2) is 49.2 Å². The van der Waals surface area contributed by atoms with E-state index in [4.69, 9.17) is 9.72 Å². The molecule has 0 saturated heterocycles. The van der Waals surface area contributed by atoms with Crippen molar-refractivity contribution < 1.29 is 9.13 Å². The van der Waals surface area contributed by atoms with Gasteiger partial charge in [-0.1, -0.05) is 47.0 Å². The summed E-state index contributed by atoms with van der Waals surface area (Å²) in [4.78, 5) is 20.8. The van der Waals surface area contributed by atoms with E-state index in [2.05, 4.69) is 64.0 Å². The second-order valence-electron chi connectivity index (χ2n) is 10.9. The number of pyridine rings is 2. The third-order valence-corrected chi connectivity index (χ3v) is 7.49. The normalized spacial score (nSPS) is 12.1. The zero-order valence-electron chi connectivity index (χ0n) is 25.1.